The fourth-order valence-electron chi connectivity index (χ4n) is 4.01. The Labute approximate surface area is 163 Å². The van der Waals surface area contributed by atoms with Crippen molar-refractivity contribution in [2.45, 2.75) is 93.6 Å². The summed E-state index contributed by atoms with van der Waals surface area (Å²) in [5.41, 5.74) is 0. The number of hydrogen-bond donors (Lipinski definition) is 0. The lowest BCUT2D eigenvalue weighted by Crippen LogP contribution is -2.47. The number of sulfone groups is 1. The quantitative estimate of drug-likeness (QED) is 0.703. The van der Waals surface area contributed by atoms with Gasteiger partial charge in [0.25, 0.3) is 0 Å². The molecular weight excluding hydrogens is 360 g/mol. The highest BCUT2D eigenvalue weighted by molar-refractivity contribution is 7.93. The highest BCUT2D eigenvalue weighted by Crippen LogP contribution is 2.38. The van der Waals surface area contributed by atoms with Gasteiger partial charge >= 0.3 is 0 Å². The van der Waals surface area contributed by atoms with Crippen molar-refractivity contribution in [2.24, 2.45) is 0 Å². The maximum absolute atomic E-state index is 13.6. The smallest absolute Gasteiger partial charge is 0.191 e. The van der Waals surface area contributed by atoms with Gasteiger partial charge in [0.15, 0.2) is 15.6 Å². The highest BCUT2D eigenvalue weighted by atomic mass is 32.2. The highest BCUT2D eigenvalue weighted by Gasteiger charge is 2.49. The number of carbonyl (C=O) groups is 2. The molecule has 0 aromatic heterocycles. The van der Waals surface area contributed by atoms with Crippen LogP contribution in [0.1, 0.15) is 84.0 Å². The number of rotatable bonds is 5. The number of Topliss-reactive ketones (excluding diaryl/α,β-unsaturated/α-hetero) is 2. The van der Waals surface area contributed by atoms with E-state index in [2.05, 4.69) is 0 Å². The molecule has 0 N–H and O–H groups in total. The summed E-state index contributed by atoms with van der Waals surface area (Å²) in [6.45, 7) is 1.46. The Kier molecular flexibility index (Phi) is 8.21. The fraction of sp³-hybridized carbons (Fsp3) is 0.636. The first-order valence-electron chi connectivity index (χ1n) is 10.2. The number of carbonyl (C=O) groups excluding carboxylic acids is 2. The molecule has 1 atom stereocenters. The fourth-order valence-corrected chi connectivity index (χ4v) is 6.16. The molecule has 1 unspecified atom stereocenters. The Morgan fingerprint density at radius 1 is 0.926 bits per heavy atom. The van der Waals surface area contributed by atoms with Gasteiger partial charge in [0.1, 0.15) is 10.5 Å². The van der Waals surface area contributed by atoms with Gasteiger partial charge in [-0.05, 0) is 38.3 Å². The van der Waals surface area contributed by atoms with Crippen molar-refractivity contribution in [1.29, 1.82) is 0 Å². The van der Waals surface area contributed by atoms with Crippen LogP contribution in [0.15, 0.2) is 35.2 Å². The van der Waals surface area contributed by atoms with Crippen molar-refractivity contribution in [3.8, 4) is 0 Å². The van der Waals surface area contributed by atoms with E-state index in [-0.39, 0.29) is 35.7 Å². The molecule has 27 heavy (non-hydrogen) atoms. The van der Waals surface area contributed by atoms with Crippen LogP contribution >= 0.6 is 0 Å². The van der Waals surface area contributed by atoms with Crippen LogP contribution in [-0.2, 0) is 19.4 Å². The summed E-state index contributed by atoms with van der Waals surface area (Å²) in [4.78, 5) is 25.2. The Bertz CT molecular complexity index is 724. The summed E-state index contributed by atoms with van der Waals surface area (Å²) in [6, 6.07) is 8.27. The van der Waals surface area contributed by atoms with Crippen LogP contribution in [0.4, 0.5) is 0 Å². The third-order valence-corrected chi connectivity index (χ3v) is 8.25. The summed E-state index contributed by atoms with van der Waals surface area (Å²) in [6.07, 6.45) is 8.66. The Hall–Kier alpha value is -1.49. The summed E-state index contributed by atoms with van der Waals surface area (Å²) in [5.74, 6) is -0.273. The van der Waals surface area contributed by atoms with Crippen LogP contribution < -0.4 is 0 Å². The average Bonchev–Trinajstić information content (AvgIpc) is 2.64. The molecule has 2 rings (SSSR count). The number of ketones is 2. The molecule has 0 amide bonds. The lowest BCUT2D eigenvalue weighted by Gasteiger charge is -2.32. The minimum atomic E-state index is -3.86. The lowest BCUT2D eigenvalue weighted by molar-refractivity contribution is -0.122. The zero-order valence-corrected chi connectivity index (χ0v) is 17.2. The molecular formula is C22H32O4S. The van der Waals surface area contributed by atoms with E-state index in [1.807, 2.05) is 0 Å². The molecule has 0 aliphatic heterocycles. The van der Waals surface area contributed by atoms with E-state index in [1.165, 1.54) is 19.8 Å². The van der Waals surface area contributed by atoms with Gasteiger partial charge in [-0.25, -0.2) is 8.42 Å². The lowest BCUT2D eigenvalue weighted by atomic mass is 9.87. The summed E-state index contributed by atoms with van der Waals surface area (Å²) in [7, 11) is -3.86. The van der Waals surface area contributed by atoms with Crippen LogP contribution in [0.5, 0.6) is 0 Å². The van der Waals surface area contributed by atoms with Crippen molar-refractivity contribution in [3.05, 3.63) is 30.3 Å². The maximum atomic E-state index is 13.6. The first kappa shape index (κ1) is 21.8. The third kappa shape index (κ3) is 5.50. The van der Waals surface area contributed by atoms with Crippen LogP contribution in [0.2, 0.25) is 0 Å². The van der Waals surface area contributed by atoms with Gasteiger partial charge in [-0.3, -0.25) is 4.79 Å². The van der Waals surface area contributed by atoms with E-state index in [0.29, 0.717) is 12.8 Å². The van der Waals surface area contributed by atoms with Gasteiger partial charge in [0.2, 0.25) is 0 Å². The predicted molar refractivity (Wildman–Crippen MR) is 107 cm³/mol. The van der Waals surface area contributed by atoms with Gasteiger partial charge in [-0.15, -0.1) is 0 Å². The second-order valence-electron chi connectivity index (χ2n) is 7.76. The molecule has 150 valence electrons. The second-order valence-corrected chi connectivity index (χ2v) is 10.0. The minimum Gasteiger partial charge on any atom is -0.300 e. The molecule has 1 aromatic rings. The standard InChI is InChI=1S/C22H32O4S/c1-19(23)16-18-22(27(25,26)20-13-9-8-10-14-20)17-12-7-5-3-2-4-6-11-15-21(22)24/h8-10,13-14H,2-7,11-12,15-18H2,1H3. The number of benzene rings is 1. The van der Waals surface area contributed by atoms with Crippen molar-refractivity contribution in [1.82, 2.24) is 0 Å². The van der Waals surface area contributed by atoms with Crippen LogP contribution in [0.3, 0.4) is 0 Å². The van der Waals surface area contributed by atoms with Gasteiger partial charge in [-0.2, -0.15) is 0 Å². The molecule has 0 radical (unpaired) electrons. The topological polar surface area (TPSA) is 68.3 Å². The van der Waals surface area contributed by atoms with Crippen molar-refractivity contribution in [2.75, 3.05) is 0 Å². The molecule has 5 heteroatoms. The van der Waals surface area contributed by atoms with Gasteiger partial charge in [0, 0.05) is 12.8 Å². The Balaban J connectivity index is 2.45. The molecule has 1 aliphatic rings. The average molecular weight is 393 g/mol. The molecule has 0 saturated heterocycles. The zero-order valence-electron chi connectivity index (χ0n) is 16.4. The first-order valence-corrected chi connectivity index (χ1v) is 11.7. The number of hydrogen-bond acceptors (Lipinski definition) is 4. The first-order chi connectivity index (χ1) is 12.9. The molecule has 1 fully saturated rings. The van der Waals surface area contributed by atoms with E-state index in [4.69, 9.17) is 0 Å². The van der Waals surface area contributed by atoms with E-state index >= 15 is 0 Å². The minimum absolute atomic E-state index is 0.0726. The van der Waals surface area contributed by atoms with E-state index in [0.717, 1.165) is 32.1 Å². The van der Waals surface area contributed by atoms with E-state index in [1.54, 1.807) is 30.3 Å². The molecule has 0 spiro atoms. The van der Waals surface area contributed by atoms with Gasteiger partial charge in [-0.1, -0.05) is 63.1 Å². The SMILES string of the molecule is CC(=O)CCC1(S(=O)(=O)c2ccccc2)CCCCCCCCCCC1=O. The van der Waals surface area contributed by atoms with Crippen LogP contribution in [0, 0.1) is 0 Å². The third-order valence-electron chi connectivity index (χ3n) is 5.69. The molecule has 4 nitrogen and oxygen atoms in total. The summed E-state index contributed by atoms with van der Waals surface area (Å²) >= 11 is 0. The largest absolute Gasteiger partial charge is 0.300 e. The normalized spacial score (nSPS) is 23.2. The van der Waals surface area contributed by atoms with Crippen LogP contribution in [0.25, 0.3) is 0 Å². The van der Waals surface area contributed by atoms with Crippen LogP contribution in [-0.4, -0.2) is 24.7 Å². The van der Waals surface area contributed by atoms with E-state index < -0.39 is 14.6 Å². The van der Waals surface area contributed by atoms with Crippen molar-refractivity contribution in [3.63, 3.8) is 0 Å². The molecule has 1 saturated carbocycles. The molecule has 0 bridgehead atoms. The molecule has 1 aromatic carbocycles. The van der Waals surface area contributed by atoms with Crippen molar-refractivity contribution >= 4 is 21.4 Å². The van der Waals surface area contributed by atoms with Crippen molar-refractivity contribution < 1.29 is 18.0 Å². The molecule has 0 heterocycles. The van der Waals surface area contributed by atoms with E-state index in [9.17, 15) is 18.0 Å². The monoisotopic (exact) mass is 392 g/mol. The maximum Gasteiger partial charge on any atom is 0.191 e. The molecule has 1 aliphatic carbocycles. The Morgan fingerprint density at radius 2 is 1.48 bits per heavy atom. The van der Waals surface area contributed by atoms with Gasteiger partial charge < -0.3 is 4.79 Å². The Morgan fingerprint density at radius 3 is 2.07 bits per heavy atom. The second kappa shape index (κ2) is 10.2. The predicted octanol–water partition coefficient (Wildman–Crippen LogP) is 5.05. The van der Waals surface area contributed by atoms with Gasteiger partial charge in [0.05, 0.1) is 4.90 Å². The zero-order chi connectivity index (χ0) is 19.8. The summed E-state index contributed by atoms with van der Waals surface area (Å²) in [5, 5.41) is 0. The summed E-state index contributed by atoms with van der Waals surface area (Å²) < 4.78 is 25.8.